The molecule has 0 spiro atoms. The molecular formula is C15H18O4. The van der Waals surface area contributed by atoms with Crippen molar-refractivity contribution in [2.45, 2.75) is 32.3 Å². The van der Waals surface area contributed by atoms with Gasteiger partial charge in [-0.1, -0.05) is 25.0 Å². The average Bonchev–Trinajstić information content (AvgIpc) is 2.98. The minimum atomic E-state index is -0.385. The molecule has 1 saturated carbocycles. The Morgan fingerprint density at radius 2 is 2.00 bits per heavy atom. The third-order valence-corrected chi connectivity index (χ3v) is 3.42. The second-order valence-corrected chi connectivity index (χ2v) is 4.78. The quantitative estimate of drug-likeness (QED) is 0.783. The summed E-state index contributed by atoms with van der Waals surface area (Å²) in [6, 6.07) is 6.95. The summed E-state index contributed by atoms with van der Waals surface area (Å²) in [5, 5.41) is 0. The summed E-state index contributed by atoms with van der Waals surface area (Å²) < 4.78 is 9.94. The van der Waals surface area contributed by atoms with E-state index in [1.54, 1.807) is 18.2 Å². The lowest BCUT2D eigenvalue weighted by molar-refractivity contribution is -0.149. The maximum absolute atomic E-state index is 11.8. The Balaban J connectivity index is 1.92. The normalized spacial score (nSPS) is 15.2. The Kier molecular flexibility index (Phi) is 4.55. The van der Waals surface area contributed by atoms with Crippen molar-refractivity contribution in [2.75, 3.05) is 7.11 Å². The first kappa shape index (κ1) is 13.6. The maximum Gasteiger partial charge on any atom is 0.337 e. The van der Waals surface area contributed by atoms with Crippen LogP contribution in [0.5, 0.6) is 0 Å². The van der Waals surface area contributed by atoms with Crippen molar-refractivity contribution in [3.05, 3.63) is 35.4 Å². The highest BCUT2D eigenvalue weighted by Gasteiger charge is 2.23. The molecule has 0 amide bonds. The summed E-state index contributed by atoms with van der Waals surface area (Å²) >= 11 is 0. The minimum Gasteiger partial charge on any atom is -0.465 e. The van der Waals surface area contributed by atoms with Crippen molar-refractivity contribution >= 4 is 11.9 Å². The zero-order valence-electron chi connectivity index (χ0n) is 11.1. The predicted molar refractivity (Wildman–Crippen MR) is 69.5 cm³/mol. The number of hydrogen-bond acceptors (Lipinski definition) is 4. The molecule has 1 fully saturated rings. The summed E-state index contributed by atoms with van der Waals surface area (Å²) in [6.07, 6.45) is 4.08. The van der Waals surface area contributed by atoms with Crippen molar-refractivity contribution in [1.29, 1.82) is 0 Å². The number of ether oxygens (including phenoxy) is 2. The van der Waals surface area contributed by atoms with E-state index in [1.165, 1.54) is 7.11 Å². The minimum absolute atomic E-state index is 0.0591. The Labute approximate surface area is 112 Å². The maximum atomic E-state index is 11.8. The fraction of sp³-hybridized carbons (Fsp3) is 0.467. The van der Waals surface area contributed by atoms with Gasteiger partial charge in [0.2, 0.25) is 0 Å². The lowest BCUT2D eigenvalue weighted by Gasteiger charge is -2.10. The molecule has 0 saturated heterocycles. The number of rotatable bonds is 4. The van der Waals surface area contributed by atoms with Crippen molar-refractivity contribution in [3.63, 3.8) is 0 Å². The lowest BCUT2D eigenvalue weighted by Crippen LogP contribution is -2.14. The standard InChI is InChI=1S/C15H18O4/c1-18-14(16)13-8-4-5-11(9-13)10-19-15(17)12-6-2-3-7-12/h4-5,8-9,12H,2-3,6-7,10H2,1H3. The molecule has 0 radical (unpaired) electrons. The van der Waals surface area contributed by atoms with E-state index in [9.17, 15) is 9.59 Å². The van der Waals surface area contributed by atoms with Gasteiger partial charge in [-0.15, -0.1) is 0 Å². The smallest absolute Gasteiger partial charge is 0.337 e. The van der Waals surface area contributed by atoms with Crippen molar-refractivity contribution < 1.29 is 19.1 Å². The lowest BCUT2D eigenvalue weighted by atomic mass is 10.1. The van der Waals surface area contributed by atoms with Gasteiger partial charge in [0.1, 0.15) is 6.61 Å². The highest BCUT2D eigenvalue weighted by Crippen LogP contribution is 2.26. The van der Waals surface area contributed by atoms with Crippen LogP contribution in [0.4, 0.5) is 0 Å². The summed E-state index contributed by atoms with van der Waals surface area (Å²) in [5.41, 5.74) is 1.27. The first-order valence-electron chi connectivity index (χ1n) is 6.54. The summed E-state index contributed by atoms with van der Waals surface area (Å²) in [7, 11) is 1.34. The number of methoxy groups -OCH3 is 1. The first-order chi connectivity index (χ1) is 9.20. The van der Waals surface area contributed by atoms with Gasteiger partial charge in [-0.05, 0) is 30.5 Å². The summed E-state index contributed by atoms with van der Waals surface area (Å²) in [6.45, 7) is 0.208. The van der Waals surface area contributed by atoms with Crippen molar-refractivity contribution in [2.24, 2.45) is 5.92 Å². The molecule has 4 heteroatoms. The van der Waals surface area contributed by atoms with Crippen LogP contribution in [0, 0.1) is 5.92 Å². The highest BCUT2D eigenvalue weighted by atomic mass is 16.5. The van der Waals surface area contributed by atoms with E-state index in [-0.39, 0.29) is 24.5 Å². The second-order valence-electron chi connectivity index (χ2n) is 4.78. The second kappa shape index (κ2) is 6.36. The molecule has 1 aromatic carbocycles. The molecular weight excluding hydrogens is 244 g/mol. The highest BCUT2D eigenvalue weighted by molar-refractivity contribution is 5.89. The summed E-state index contributed by atoms with van der Waals surface area (Å²) in [4.78, 5) is 23.2. The average molecular weight is 262 g/mol. The van der Waals surface area contributed by atoms with E-state index in [0.29, 0.717) is 5.56 Å². The van der Waals surface area contributed by atoms with Gasteiger partial charge in [-0.3, -0.25) is 4.79 Å². The molecule has 102 valence electrons. The zero-order valence-corrected chi connectivity index (χ0v) is 11.1. The van der Waals surface area contributed by atoms with Crippen LogP contribution < -0.4 is 0 Å². The Bertz CT molecular complexity index is 461. The molecule has 0 aromatic heterocycles. The molecule has 1 aromatic rings. The van der Waals surface area contributed by atoms with Crippen LogP contribution in [-0.2, 0) is 20.9 Å². The van der Waals surface area contributed by atoms with E-state index >= 15 is 0 Å². The molecule has 1 aliphatic carbocycles. The molecule has 0 N–H and O–H groups in total. The Hall–Kier alpha value is -1.84. The fourth-order valence-corrected chi connectivity index (χ4v) is 2.34. The van der Waals surface area contributed by atoms with Gasteiger partial charge in [0, 0.05) is 0 Å². The van der Waals surface area contributed by atoms with Gasteiger partial charge >= 0.3 is 11.9 Å². The number of benzene rings is 1. The molecule has 0 bridgehead atoms. The third-order valence-electron chi connectivity index (χ3n) is 3.42. The van der Waals surface area contributed by atoms with E-state index < -0.39 is 0 Å². The van der Waals surface area contributed by atoms with Crippen molar-refractivity contribution in [1.82, 2.24) is 0 Å². The first-order valence-corrected chi connectivity index (χ1v) is 6.54. The molecule has 1 aliphatic rings. The van der Waals surface area contributed by atoms with Crippen LogP contribution in [-0.4, -0.2) is 19.0 Å². The SMILES string of the molecule is COC(=O)c1cccc(COC(=O)C2CCCC2)c1. The van der Waals surface area contributed by atoms with E-state index in [2.05, 4.69) is 4.74 Å². The third kappa shape index (κ3) is 3.56. The molecule has 0 aliphatic heterocycles. The largest absolute Gasteiger partial charge is 0.465 e. The predicted octanol–water partition coefficient (Wildman–Crippen LogP) is 2.71. The molecule has 0 atom stereocenters. The van der Waals surface area contributed by atoms with Gasteiger partial charge < -0.3 is 9.47 Å². The van der Waals surface area contributed by atoms with Crippen LogP contribution in [0.15, 0.2) is 24.3 Å². The van der Waals surface area contributed by atoms with E-state index in [0.717, 1.165) is 31.2 Å². The Morgan fingerprint density at radius 3 is 2.68 bits per heavy atom. The molecule has 0 unspecified atom stereocenters. The van der Waals surface area contributed by atoms with Gasteiger partial charge in [-0.25, -0.2) is 4.79 Å². The summed E-state index contributed by atoms with van der Waals surface area (Å²) in [5.74, 6) is -0.450. The number of carbonyl (C=O) groups is 2. The number of carbonyl (C=O) groups excluding carboxylic acids is 2. The van der Waals surface area contributed by atoms with Crippen LogP contribution in [0.25, 0.3) is 0 Å². The van der Waals surface area contributed by atoms with Crippen molar-refractivity contribution in [3.8, 4) is 0 Å². The van der Waals surface area contributed by atoms with Crippen LogP contribution >= 0.6 is 0 Å². The Morgan fingerprint density at radius 1 is 1.26 bits per heavy atom. The van der Waals surface area contributed by atoms with E-state index in [1.807, 2.05) is 6.07 Å². The molecule has 4 nitrogen and oxygen atoms in total. The topological polar surface area (TPSA) is 52.6 Å². The molecule has 19 heavy (non-hydrogen) atoms. The van der Waals surface area contributed by atoms with Gasteiger partial charge in [0.25, 0.3) is 0 Å². The number of hydrogen-bond donors (Lipinski definition) is 0. The monoisotopic (exact) mass is 262 g/mol. The van der Waals surface area contributed by atoms with Crippen LogP contribution in [0.2, 0.25) is 0 Å². The van der Waals surface area contributed by atoms with Crippen LogP contribution in [0.1, 0.15) is 41.6 Å². The van der Waals surface area contributed by atoms with E-state index in [4.69, 9.17) is 4.74 Å². The molecule has 0 heterocycles. The van der Waals surface area contributed by atoms with Gasteiger partial charge in [-0.2, -0.15) is 0 Å². The fourth-order valence-electron chi connectivity index (χ4n) is 2.34. The van der Waals surface area contributed by atoms with Crippen LogP contribution in [0.3, 0.4) is 0 Å². The zero-order chi connectivity index (χ0) is 13.7. The molecule has 2 rings (SSSR count). The van der Waals surface area contributed by atoms with Gasteiger partial charge in [0.15, 0.2) is 0 Å². The number of esters is 2. The van der Waals surface area contributed by atoms with Gasteiger partial charge in [0.05, 0.1) is 18.6 Å².